The van der Waals surface area contributed by atoms with Crippen molar-refractivity contribution in [2.45, 2.75) is 11.0 Å². The molecule has 0 bridgehead atoms. The maximum atomic E-state index is 12.7. The summed E-state index contributed by atoms with van der Waals surface area (Å²) in [5.41, 5.74) is 2.26. The molecule has 3 aromatic carbocycles. The first-order valence-electron chi connectivity index (χ1n) is 10.8. The quantitative estimate of drug-likeness (QED) is 0.569. The van der Waals surface area contributed by atoms with Crippen molar-refractivity contribution < 1.29 is 18.3 Å². The lowest BCUT2D eigenvalue weighted by atomic mass is 10.1. The van der Waals surface area contributed by atoms with Gasteiger partial charge in [0.15, 0.2) is 0 Å². The number of aliphatic hydroxyl groups excluding tert-OH is 1. The Hall–Kier alpha value is -2.71. The van der Waals surface area contributed by atoms with E-state index in [1.165, 1.54) is 4.31 Å². The van der Waals surface area contributed by atoms with Crippen molar-refractivity contribution in [3.05, 3.63) is 84.9 Å². The molecule has 32 heavy (non-hydrogen) atoms. The van der Waals surface area contributed by atoms with Crippen molar-refractivity contribution in [3.63, 3.8) is 0 Å². The second-order valence-corrected chi connectivity index (χ2v) is 9.81. The third-order valence-electron chi connectivity index (χ3n) is 5.59. The number of hydrogen-bond acceptors (Lipinski definition) is 5. The molecule has 1 heterocycles. The predicted molar refractivity (Wildman–Crippen MR) is 125 cm³/mol. The van der Waals surface area contributed by atoms with Gasteiger partial charge >= 0.3 is 0 Å². The van der Waals surface area contributed by atoms with Crippen LogP contribution in [0.25, 0.3) is 11.1 Å². The highest BCUT2D eigenvalue weighted by atomic mass is 32.2. The van der Waals surface area contributed by atoms with E-state index in [9.17, 15) is 13.5 Å². The maximum absolute atomic E-state index is 12.7. The minimum atomic E-state index is -3.46. The van der Waals surface area contributed by atoms with Crippen LogP contribution >= 0.6 is 0 Å². The molecule has 0 saturated carbocycles. The van der Waals surface area contributed by atoms with E-state index in [2.05, 4.69) is 17.0 Å². The first kappa shape index (κ1) is 22.5. The Morgan fingerprint density at radius 2 is 1.34 bits per heavy atom. The van der Waals surface area contributed by atoms with Gasteiger partial charge in [0.2, 0.25) is 10.0 Å². The lowest BCUT2D eigenvalue weighted by Crippen LogP contribution is -2.50. The maximum Gasteiger partial charge on any atom is 0.243 e. The van der Waals surface area contributed by atoms with E-state index >= 15 is 0 Å². The molecular formula is C25H28N2O4S. The van der Waals surface area contributed by atoms with Crippen LogP contribution in [0.1, 0.15) is 0 Å². The van der Waals surface area contributed by atoms with E-state index in [4.69, 9.17) is 4.74 Å². The molecule has 0 spiro atoms. The van der Waals surface area contributed by atoms with Gasteiger partial charge in [-0.15, -0.1) is 0 Å². The molecule has 3 aromatic rings. The summed E-state index contributed by atoms with van der Waals surface area (Å²) in [4.78, 5) is 2.39. The Morgan fingerprint density at radius 3 is 1.97 bits per heavy atom. The van der Waals surface area contributed by atoms with Gasteiger partial charge in [-0.3, -0.25) is 4.90 Å². The fourth-order valence-corrected chi connectivity index (χ4v) is 5.25. The van der Waals surface area contributed by atoms with Crippen LogP contribution in [0.4, 0.5) is 0 Å². The first-order valence-corrected chi connectivity index (χ1v) is 12.2. The molecule has 168 valence electrons. The largest absolute Gasteiger partial charge is 0.491 e. The fourth-order valence-electron chi connectivity index (χ4n) is 3.81. The van der Waals surface area contributed by atoms with Crippen LogP contribution in [0.15, 0.2) is 89.8 Å². The molecule has 0 aromatic heterocycles. The van der Waals surface area contributed by atoms with E-state index in [1.807, 2.05) is 42.5 Å². The standard InChI is InChI=1S/C25H28N2O4S/c28-23(20-31-24-13-11-22(12-14-24)21-7-3-1-4-8-21)19-26-15-17-27(18-16-26)32(29,30)25-9-5-2-6-10-25/h1-14,23,28H,15-20H2/t23-/m1/s1. The van der Waals surface area contributed by atoms with Crippen LogP contribution < -0.4 is 4.74 Å². The molecule has 6 nitrogen and oxygen atoms in total. The number of β-amino-alcohol motifs (C(OH)–C–C–N with tert-alkyl or cyclic N) is 1. The van der Waals surface area contributed by atoms with Gasteiger partial charge in [-0.25, -0.2) is 8.42 Å². The minimum Gasteiger partial charge on any atom is -0.491 e. The molecule has 4 rings (SSSR count). The summed E-state index contributed by atoms with van der Waals surface area (Å²) in [5.74, 6) is 0.711. The highest BCUT2D eigenvalue weighted by Gasteiger charge is 2.28. The summed E-state index contributed by atoms with van der Waals surface area (Å²) in [5, 5.41) is 10.4. The average Bonchev–Trinajstić information content (AvgIpc) is 2.84. The number of ether oxygens (including phenoxy) is 1. The molecule has 1 saturated heterocycles. The highest BCUT2D eigenvalue weighted by molar-refractivity contribution is 7.89. The summed E-state index contributed by atoms with van der Waals surface area (Å²) in [7, 11) is -3.46. The SMILES string of the molecule is O=S(=O)(c1ccccc1)N1CCN(C[C@@H](O)COc2ccc(-c3ccccc3)cc2)CC1. The van der Waals surface area contributed by atoms with Gasteiger partial charge in [0.25, 0.3) is 0 Å². The molecule has 1 aliphatic heterocycles. The Morgan fingerprint density at radius 1 is 0.781 bits per heavy atom. The van der Waals surface area contributed by atoms with E-state index in [-0.39, 0.29) is 6.61 Å². The number of nitrogens with zero attached hydrogens (tertiary/aromatic N) is 2. The van der Waals surface area contributed by atoms with Gasteiger partial charge in [0, 0.05) is 32.7 Å². The van der Waals surface area contributed by atoms with Crippen LogP contribution in [0.2, 0.25) is 0 Å². The minimum absolute atomic E-state index is 0.188. The number of aliphatic hydroxyl groups is 1. The van der Waals surface area contributed by atoms with Crippen LogP contribution in [-0.2, 0) is 10.0 Å². The zero-order valence-electron chi connectivity index (χ0n) is 17.9. The lowest BCUT2D eigenvalue weighted by molar-refractivity contribution is 0.0569. The van der Waals surface area contributed by atoms with Crippen molar-refractivity contribution in [3.8, 4) is 16.9 Å². The Balaban J connectivity index is 1.23. The number of piperazine rings is 1. The molecule has 0 aliphatic carbocycles. The molecule has 1 atom stereocenters. The van der Waals surface area contributed by atoms with Crippen molar-refractivity contribution in [1.29, 1.82) is 0 Å². The summed E-state index contributed by atoms with van der Waals surface area (Å²) in [6, 6.07) is 26.4. The number of hydrogen-bond donors (Lipinski definition) is 1. The molecule has 0 amide bonds. The number of rotatable bonds is 8. The summed E-state index contributed by atoms with van der Waals surface area (Å²) < 4.78 is 32.7. The van der Waals surface area contributed by atoms with Crippen molar-refractivity contribution >= 4 is 10.0 Å². The zero-order chi connectivity index (χ0) is 22.4. The molecule has 1 fully saturated rings. The van der Waals surface area contributed by atoms with Crippen LogP contribution in [0, 0.1) is 0 Å². The van der Waals surface area contributed by atoms with Crippen molar-refractivity contribution in [2.75, 3.05) is 39.3 Å². The second kappa shape index (κ2) is 10.3. The molecule has 1 aliphatic rings. The topological polar surface area (TPSA) is 70.1 Å². The van der Waals surface area contributed by atoms with Crippen molar-refractivity contribution in [2.24, 2.45) is 0 Å². The highest BCUT2D eigenvalue weighted by Crippen LogP contribution is 2.22. The third-order valence-corrected chi connectivity index (χ3v) is 7.50. The zero-order valence-corrected chi connectivity index (χ0v) is 18.7. The van der Waals surface area contributed by atoms with E-state index in [1.54, 1.807) is 30.3 Å². The van der Waals surface area contributed by atoms with E-state index in [0.29, 0.717) is 43.4 Å². The molecule has 0 unspecified atom stereocenters. The number of sulfonamides is 1. The summed E-state index contributed by atoms with van der Waals surface area (Å²) in [6.07, 6.45) is -0.652. The van der Waals surface area contributed by atoms with E-state index in [0.717, 1.165) is 11.1 Å². The van der Waals surface area contributed by atoms with Gasteiger partial charge in [-0.05, 0) is 35.4 Å². The Bertz CT molecular complexity index is 1080. The molecule has 7 heteroatoms. The van der Waals surface area contributed by atoms with Crippen molar-refractivity contribution in [1.82, 2.24) is 9.21 Å². The summed E-state index contributed by atoms with van der Waals surface area (Å²) in [6.45, 7) is 2.61. The Kier molecular flexibility index (Phi) is 7.22. The van der Waals surface area contributed by atoms with Crippen LogP contribution in [0.3, 0.4) is 0 Å². The second-order valence-electron chi connectivity index (χ2n) is 7.87. The number of benzene rings is 3. The monoisotopic (exact) mass is 452 g/mol. The molecular weight excluding hydrogens is 424 g/mol. The normalized spacial score (nSPS) is 16.5. The third kappa shape index (κ3) is 5.55. The van der Waals surface area contributed by atoms with Crippen LogP contribution in [0.5, 0.6) is 5.75 Å². The van der Waals surface area contributed by atoms with Gasteiger partial charge < -0.3 is 9.84 Å². The first-order chi connectivity index (χ1) is 15.5. The Labute approximate surface area is 189 Å². The molecule has 1 N–H and O–H groups in total. The lowest BCUT2D eigenvalue weighted by Gasteiger charge is -2.34. The van der Waals surface area contributed by atoms with Gasteiger partial charge in [0.05, 0.1) is 4.90 Å². The average molecular weight is 453 g/mol. The fraction of sp³-hybridized carbons (Fsp3) is 0.280. The van der Waals surface area contributed by atoms with Gasteiger partial charge in [-0.2, -0.15) is 4.31 Å². The molecule has 0 radical (unpaired) electrons. The smallest absolute Gasteiger partial charge is 0.243 e. The van der Waals surface area contributed by atoms with Gasteiger partial charge in [0.1, 0.15) is 18.5 Å². The predicted octanol–water partition coefficient (Wildman–Crippen LogP) is 3.10. The van der Waals surface area contributed by atoms with Crippen LogP contribution in [-0.4, -0.2) is 68.2 Å². The van der Waals surface area contributed by atoms with Gasteiger partial charge in [-0.1, -0.05) is 60.7 Å². The van der Waals surface area contributed by atoms with E-state index < -0.39 is 16.1 Å². The summed E-state index contributed by atoms with van der Waals surface area (Å²) >= 11 is 0.